The second-order valence-electron chi connectivity index (χ2n) is 4.35. The van der Waals surface area contributed by atoms with Gasteiger partial charge in [0.2, 0.25) is 0 Å². The van der Waals surface area contributed by atoms with Crippen LogP contribution in [0.2, 0.25) is 10.3 Å². The van der Waals surface area contributed by atoms with Crippen molar-refractivity contribution in [2.45, 2.75) is 37.8 Å². The first-order valence-electron chi connectivity index (χ1n) is 5.81. The van der Waals surface area contributed by atoms with Gasteiger partial charge in [0.1, 0.15) is 0 Å². The maximum atomic E-state index is 5.96. The molecular formula is C11H16Cl2N4. The highest BCUT2D eigenvalue weighted by Gasteiger charge is 2.20. The van der Waals surface area contributed by atoms with Crippen LogP contribution >= 0.6 is 23.2 Å². The van der Waals surface area contributed by atoms with Crippen LogP contribution in [0.4, 0.5) is 5.69 Å². The topological polar surface area (TPSA) is 49.8 Å². The molecule has 1 fully saturated rings. The summed E-state index contributed by atoms with van der Waals surface area (Å²) in [5, 5.41) is 14.9. The monoisotopic (exact) mass is 274 g/mol. The Hall–Kier alpha value is -0.580. The summed E-state index contributed by atoms with van der Waals surface area (Å²) in [5.74, 6) is 0. The van der Waals surface area contributed by atoms with Gasteiger partial charge < -0.3 is 10.6 Å². The van der Waals surface area contributed by atoms with E-state index in [9.17, 15) is 0 Å². The molecule has 0 saturated heterocycles. The van der Waals surface area contributed by atoms with Gasteiger partial charge in [0.25, 0.3) is 0 Å². The zero-order chi connectivity index (χ0) is 12.3. The molecule has 6 heteroatoms. The van der Waals surface area contributed by atoms with Gasteiger partial charge in [-0.2, -0.15) is 0 Å². The molecule has 1 aliphatic rings. The van der Waals surface area contributed by atoms with Crippen LogP contribution in [0.3, 0.4) is 0 Å². The van der Waals surface area contributed by atoms with Crippen molar-refractivity contribution in [3.8, 4) is 0 Å². The van der Waals surface area contributed by atoms with Crippen molar-refractivity contribution in [1.82, 2.24) is 15.5 Å². The molecule has 0 bridgehead atoms. The lowest BCUT2D eigenvalue weighted by molar-refractivity contribution is 0.371. The van der Waals surface area contributed by atoms with Crippen LogP contribution < -0.4 is 10.6 Å². The summed E-state index contributed by atoms with van der Waals surface area (Å²) in [6, 6.07) is 2.81. The third-order valence-electron chi connectivity index (χ3n) is 3.21. The second-order valence-corrected chi connectivity index (χ2v) is 5.10. The molecule has 0 spiro atoms. The molecule has 0 radical (unpaired) electrons. The fraction of sp³-hybridized carbons (Fsp3) is 0.636. The van der Waals surface area contributed by atoms with Crippen LogP contribution in [0.25, 0.3) is 0 Å². The van der Waals surface area contributed by atoms with E-state index < -0.39 is 0 Å². The van der Waals surface area contributed by atoms with Crippen LogP contribution in [0.5, 0.6) is 0 Å². The third kappa shape index (κ3) is 3.44. The zero-order valence-corrected chi connectivity index (χ0v) is 11.2. The van der Waals surface area contributed by atoms with Crippen molar-refractivity contribution in [3.63, 3.8) is 0 Å². The molecule has 1 saturated carbocycles. The molecular weight excluding hydrogens is 259 g/mol. The van der Waals surface area contributed by atoms with Crippen molar-refractivity contribution in [3.05, 3.63) is 16.4 Å². The molecule has 2 rings (SSSR count). The van der Waals surface area contributed by atoms with Crippen LogP contribution in [0.15, 0.2) is 6.07 Å². The summed E-state index contributed by atoms with van der Waals surface area (Å²) in [4.78, 5) is 0. The van der Waals surface area contributed by atoms with Gasteiger partial charge in [-0.1, -0.05) is 23.2 Å². The van der Waals surface area contributed by atoms with Crippen LogP contribution in [0.1, 0.15) is 25.7 Å². The van der Waals surface area contributed by atoms with Crippen LogP contribution in [-0.4, -0.2) is 29.3 Å². The molecule has 0 aromatic carbocycles. The first-order valence-corrected chi connectivity index (χ1v) is 6.57. The van der Waals surface area contributed by atoms with E-state index in [1.165, 1.54) is 12.8 Å². The maximum Gasteiger partial charge on any atom is 0.174 e. The van der Waals surface area contributed by atoms with Crippen molar-refractivity contribution in [2.75, 3.05) is 12.4 Å². The minimum atomic E-state index is 0.362. The molecule has 0 amide bonds. The minimum absolute atomic E-state index is 0.362. The lowest BCUT2D eigenvalue weighted by Gasteiger charge is -2.29. The van der Waals surface area contributed by atoms with Crippen LogP contribution in [-0.2, 0) is 0 Å². The lowest BCUT2D eigenvalue weighted by Crippen LogP contribution is -2.35. The molecule has 94 valence electrons. The third-order valence-corrected chi connectivity index (χ3v) is 3.68. The number of aromatic nitrogens is 2. The SMILES string of the molecule is CNC1CCC(Nc2cc(Cl)nnc2Cl)CC1. The molecule has 1 aromatic heterocycles. The van der Waals surface area contributed by atoms with E-state index in [4.69, 9.17) is 23.2 Å². The Morgan fingerprint density at radius 1 is 1.12 bits per heavy atom. The lowest BCUT2D eigenvalue weighted by atomic mass is 9.91. The van der Waals surface area contributed by atoms with E-state index in [1.807, 2.05) is 7.05 Å². The number of nitrogens with one attached hydrogen (secondary N) is 2. The second kappa shape index (κ2) is 5.85. The summed E-state index contributed by atoms with van der Waals surface area (Å²) in [7, 11) is 2.02. The molecule has 2 N–H and O–H groups in total. The number of halogens is 2. The smallest absolute Gasteiger partial charge is 0.174 e. The highest BCUT2D eigenvalue weighted by Crippen LogP contribution is 2.26. The van der Waals surface area contributed by atoms with E-state index in [1.54, 1.807) is 6.07 Å². The Morgan fingerprint density at radius 2 is 1.76 bits per heavy atom. The van der Waals surface area contributed by atoms with Crippen molar-refractivity contribution in [2.24, 2.45) is 0 Å². The van der Waals surface area contributed by atoms with Gasteiger partial charge in [0, 0.05) is 18.2 Å². The Bertz CT molecular complexity index is 378. The minimum Gasteiger partial charge on any atom is -0.380 e. The van der Waals surface area contributed by atoms with E-state index in [0.29, 0.717) is 22.4 Å². The number of anilines is 1. The van der Waals surface area contributed by atoms with Gasteiger partial charge in [-0.3, -0.25) is 0 Å². The summed E-state index contributed by atoms with van der Waals surface area (Å²) in [6.45, 7) is 0. The largest absolute Gasteiger partial charge is 0.380 e. The molecule has 1 heterocycles. The number of hydrogen-bond acceptors (Lipinski definition) is 4. The number of nitrogens with zero attached hydrogens (tertiary/aromatic N) is 2. The van der Waals surface area contributed by atoms with Gasteiger partial charge >= 0.3 is 0 Å². The number of rotatable bonds is 3. The summed E-state index contributed by atoms with van der Waals surface area (Å²) < 4.78 is 0. The Kier molecular flexibility index (Phi) is 4.42. The van der Waals surface area contributed by atoms with E-state index in [2.05, 4.69) is 20.8 Å². The first kappa shape index (κ1) is 12.9. The Balaban J connectivity index is 1.95. The summed E-state index contributed by atoms with van der Waals surface area (Å²) in [5.41, 5.74) is 0.777. The van der Waals surface area contributed by atoms with E-state index >= 15 is 0 Å². The molecule has 0 aliphatic heterocycles. The Morgan fingerprint density at radius 3 is 2.41 bits per heavy atom. The molecule has 4 nitrogen and oxygen atoms in total. The molecule has 1 aromatic rings. The predicted octanol–water partition coefficient (Wildman–Crippen LogP) is 2.73. The fourth-order valence-electron chi connectivity index (χ4n) is 2.20. The van der Waals surface area contributed by atoms with Gasteiger partial charge in [0.05, 0.1) is 5.69 Å². The zero-order valence-electron chi connectivity index (χ0n) is 9.71. The van der Waals surface area contributed by atoms with Gasteiger partial charge in [-0.05, 0) is 32.7 Å². The molecule has 17 heavy (non-hydrogen) atoms. The maximum absolute atomic E-state index is 5.96. The first-order chi connectivity index (χ1) is 8.19. The molecule has 0 unspecified atom stereocenters. The quantitative estimate of drug-likeness (QED) is 0.890. The van der Waals surface area contributed by atoms with E-state index in [-0.39, 0.29) is 0 Å². The highest BCUT2D eigenvalue weighted by molar-refractivity contribution is 6.33. The van der Waals surface area contributed by atoms with Gasteiger partial charge in [0.15, 0.2) is 10.3 Å². The summed E-state index contributed by atoms with van der Waals surface area (Å²) in [6.07, 6.45) is 4.61. The van der Waals surface area contributed by atoms with Crippen molar-refractivity contribution >= 4 is 28.9 Å². The molecule has 0 atom stereocenters. The highest BCUT2D eigenvalue weighted by atomic mass is 35.5. The van der Waals surface area contributed by atoms with Gasteiger partial charge in [-0.15, -0.1) is 10.2 Å². The number of hydrogen-bond donors (Lipinski definition) is 2. The predicted molar refractivity (Wildman–Crippen MR) is 70.8 cm³/mol. The van der Waals surface area contributed by atoms with Crippen molar-refractivity contribution in [1.29, 1.82) is 0 Å². The normalized spacial score (nSPS) is 24.6. The van der Waals surface area contributed by atoms with Crippen molar-refractivity contribution < 1.29 is 0 Å². The standard InChI is InChI=1S/C11H16Cl2N4/c1-14-7-2-4-8(5-3-7)15-9-6-10(12)16-17-11(9)13/h6-8,14H,2-5H2,1H3,(H,15,16). The van der Waals surface area contributed by atoms with E-state index in [0.717, 1.165) is 18.5 Å². The average Bonchev–Trinajstić information content (AvgIpc) is 2.35. The van der Waals surface area contributed by atoms with Gasteiger partial charge in [-0.25, -0.2) is 0 Å². The average molecular weight is 275 g/mol. The summed E-state index contributed by atoms with van der Waals surface area (Å²) >= 11 is 11.8. The van der Waals surface area contributed by atoms with Crippen LogP contribution in [0, 0.1) is 0 Å². The Labute approximate surface area is 111 Å². The molecule has 1 aliphatic carbocycles. The fourth-order valence-corrected chi connectivity index (χ4v) is 2.49.